The van der Waals surface area contributed by atoms with Crippen LogP contribution in [0, 0.1) is 6.92 Å². The molecule has 140 valence electrons. The summed E-state index contributed by atoms with van der Waals surface area (Å²) in [5.74, 6) is 1.49. The van der Waals surface area contributed by atoms with Crippen LogP contribution in [0.15, 0.2) is 34.7 Å². The van der Waals surface area contributed by atoms with Gasteiger partial charge in [0.1, 0.15) is 17.1 Å². The lowest BCUT2D eigenvalue weighted by Crippen LogP contribution is -2.15. The number of benzene rings is 1. The van der Waals surface area contributed by atoms with Crippen LogP contribution >= 0.6 is 11.8 Å². The molecule has 0 saturated heterocycles. The maximum Gasteiger partial charge on any atom is 0.341 e. The van der Waals surface area contributed by atoms with E-state index < -0.39 is 5.97 Å². The predicted octanol–water partition coefficient (Wildman–Crippen LogP) is 4.54. The van der Waals surface area contributed by atoms with Gasteiger partial charge in [-0.2, -0.15) is 0 Å². The molecule has 1 aromatic carbocycles. The first-order valence-corrected chi connectivity index (χ1v) is 9.52. The van der Waals surface area contributed by atoms with Crippen molar-refractivity contribution in [3.05, 3.63) is 53.0 Å². The molecule has 26 heavy (non-hydrogen) atoms. The van der Waals surface area contributed by atoms with Crippen LogP contribution in [0.4, 0.5) is 5.69 Å². The summed E-state index contributed by atoms with van der Waals surface area (Å²) in [6, 6.07) is 9.56. The first-order valence-electron chi connectivity index (χ1n) is 8.36. The second kappa shape index (κ2) is 8.45. The molecule has 1 heterocycles. The molecule has 0 atom stereocenters. The molecule has 1 aromatic heterocycles. The summed E-state index contributed by atoms with van der Waals surface area (Å²) in [5, 5.41) is 2.89. The van der Waals surface area contributed by atoms with E-state index in [0.29, 0.717) is 28.6 Å². The third-order valence-electron chi connectivity index (χ3n) is 3.89. The molecular weight excluding hydrogens is 350 g/mol. The standard InChI is InChI=1S/C20H25NO4S/c1-13-17(19(23)24-5)10-16(25-13)11-26-12-18(22)21-15-8-6-14(7-9-15)20(2,3)4/h6-10H,11-12H2,1-5H3,(H,21,22). The van der Waals surface area contributed by atoms with E-state index in [0.717, 1.165) is 5.69 Å². The van der Waals surface area contributed by atoms with E-state index >= 15 is 0 Å². The minimum absolute atomic E-state index is 0.0741. The smallest absolute Gasteiger partial charge is 0.341 e. The Balaban J connectivity index is 1.83. The molecule has 1 N–H and O–H groups in total. The van der Waals surface area contributed by atoms with Crippen LogP contribution in [-0.2, 0) is 20.7 Å². The number of furan rings is 1. The fraction of sp³-hybridized carbons (Fsp3) is 0.400. The third-order valence-corrected chi connectivity index (χ3v) is 4.84. The molecule has 0 saturated carbocycles. The van der Waals surface area contributed by atoms with Crippen LogP contribution in [0.3, 0.4) is 0 Å². The monoisotopic (exact) mass is 375 g/mol. The van der Waals surface area contributed by atoms with Crippen molar-refractivity contribution in [2.75, 3.05) is 18.2 Å². The van der Waals surface area contributed by atoms with Gasteiger partial charge in [0.2, 0.25) is 5.91 Å². The Morgan fingerprint density at radius 2 is 1.85 bits per heavy atom. The fourth-order valence-electron chi connectivity index (χ4n) is 2.42. The molecule has 0 fully saturated rings. The summed E-state index contributed by atoms with van der Waals surface area (Å²) in [4.78, 5) is 23.6. The van der Waals surface area contributed by atoms with Gasteiger partial charge in [0, 0.05) is 5.69 Å². The summed E-state index contributed by atoms with van der Waals surface area (Å²) < 4.78 is 10.2. The highest BCUT2D eigenvalue weighted by molar-refractivity contribution is 7.99. The van der Waals surface area contributed by atoms with Crippen LogP contribution in [0.25, 0.3) is 0 Å². The number of aryl methyl sites for hydroxylation is 1. The molecule has 2 aromatic rings. The van der Waals surface area contributed by atoms with Crippen LogP contribution in [0.1, 0.15) is 48.2 Å². The Labute approximate surface area is 158 Å². The van der Waals surface area contributed by atoms with Crippen molar-refractivity contribution in [1.82, 2.24) is 0 Å². The number of hydrogen-bond acceptors (Lipinski definition) is 5. The molecule has 5 nitrogen and oxygen atoms in total. The number of thioether (sulfide) groups is 1. The van der Waals surface area contributed by atoms with E-state index in [9.17, 15) is 9.59 Å². The van der Waals surface area contributed by atoms with Crippen molar-refractivity contribution in [3.63, 3.8) is 0 Å². The van der Waals surface area contributed by atoms with E-state index in [1.54, 1.807) is 13.0 Å². The molecule has 0 aliphatic rings. The molecule has 0 aliphatic heterocycles. The average Bonchev–Trinajstić information content (AvgIpc) is 2.94. The summed E-state index contributed by atoms with van der Waals surface area (Å²) in [6.07, 6.45) is 0. The quantitative estimate of drug-likeness (QED) is 0.751. The summed E-state index contributed by atoms with van der Waals surface area (Å²) >= 11 is 1.42. The molecule has 0 bridgehead atoms. The number of anilines is 1. The number of methoxy groups -OCH3 is 1. The largest absolute Gasteiger partial charge is 0.465 e. The average molecular weight is 375 g/mol. The highest BCUT2D eigenvalue weighted by atomic mass is 32.2. The minimum Gasteiger partial charge on any atom is -0.465 e. The lowest BCUT2D eigenvalue weighted by atomic mass is 9.87. The predicted molar refractivity (Wildman–Crippen MR) is 105 cm³/mol. The summed E-state index contributed by atoms with van der Waals surface area (Å²) in [7, 11) is 1.33. The van der Waals surface area contributed by atoms with Gasteiger partial charge >= 0.3 is 5.97 Å². The number of nitrogens with one attached hydrogen (secondary N) is 1. The summed E-state index contributed by atoms with van der Waals surface area (Å²) in [6.45, 7) is 8.17. The van der Waals surface area contributed by atoms with Crippen LogP contribution in [0.2, 0.25) is 0 Å². The second-order valence-corrected chi connectivity index (χ2v) is 8.03. The topological polar surface area (TPSA) is 68.5 Å². The maximum atomic E-state index is 12.1. The van der Waals surface area contributed by atoms with Crippen LogP contribution in [-0.4, -0.2) is 24.7 Å². The normalized spacial score (nSPS) is 11.3. The Kier molecular flexibility index (Phi) is 6.53. The van der Waals surface area contributed by atoms with Crippen molar-refractivity contribution < 1.29 is 18.7 Å². The third kappa shape index (κ3) is 5.39. The Morgan fingerprint density at radius 1 is 1.19 bits per heavy atom. The van der Waals surface area contributed by atoms with Gasteiger partial charge in [0.05, 0.1) is 18.6 Å². The minimum atomic E-state index is -0.418. The van der Waals surface area contributed by atoms with Gasteiger partial charge in [0.25, 0.3) is 0 Å². The first-order chi connectivity index (χ1) is 12.2. The van der Waals surface area contributed by atoms with Crippen LogP contribution in [0.5, 0.6) is 0 Å². The maximum absolute atomic E-state index is 12.1. The molecule has 0 aliphatic carbocycles. The van der Waals surface area contributed by atoms with Gasteiger partial charge in [0.15, 0.2) is 0 Å². The summed E-state index contributed by atoms with van der Waals surface area (Å²) in [5.41, 5.74) is 2.51. The molecule has 1 amide bonds. The van der Waals surface area contributed by atoms with Crippen molar-refractivity contribution in [2.24, 2.45) is 0 Å². The number of hydrogen-bond donors (Lipinski definition) is 1. The van der Waals surface area contributed by atoms with Gasteiger partial charge in [-0.3, -0.25) is 4.79 Å². The second-order valence-electron chi connectivity index (χ2n) is 7.04. The fourth-order valence-corrected chi connectivity index (χ4v) is 3.13. The molecular formula is C20H25NO4S. The SMILES string of the molecule is COC(=O)c1cc(CSCC(=O)Nc2ccc(C(C)(C)C)cc2)oc1C. The molecule has 0 radical (unpaired) electrons. The van der Waals surface area contributed by atoms with Gasteiger partial charge in [-0.15, -0.1) is 11.8 Å². The lowest BCUT2D eigenvalue weighted by molar-refractivity contribution is -0.113. The van der Waals surface area contributed by atoms with Crippen molar-refractivity contribution in [2.45, 2.75) is 38.9 Å². The molecule has 0 spiro atoms. The zero-order valence-corrected chi connectivity index (χ0v) is 16.7. The van der Waals surface area contributed by atoms with E-state index in [1.807, 2.05) is 24.3 Å². The van der Waals surface area contributed by atoms with E-state index in [1.165, 1.54) is 24.4 Å². The first kappa shape index (κ1) is 20.1. The molecule has 6 heteroatoms. The highest BCUT2D eigenvalue weighted by Crippen LogP contribution is 2.24. The highest BCUT2D eigenvalue weighted by Gasteiger charge is 2.16. The number of carbonyl (C=O) groups is 2. The van der Waals surface area contributed by atoms with E-state index in [4.69, 9.17) is 9.15 Å². The van der Waals surface area contributed by atoms with Crippen molar-refractivity contribution >= 4 is 29.3 Å². The van der Waals surface area contributed by atoms with Gasteiger partial charge < -0.3 is 14.5 Å². The van der Waals surface area contributed by atoms with Gasteiger partial charge in [-0.1, -0.05) is 32.9 Å². The van der Waals surface area contributed by atoms with Crippen molar-refractivity contribution in [3.8, 4) is 0 Å². The number of rotatable bonds is 6. The van der Waals surface area contributed by atoms with Gasteiger partial charge in [-0.05, 0) is 36.1 Å². The van der Waals surface area contributed by atoms with Gasteiger partial charge in [-0.25, -0.2) is 4.79 Å². The zero-order valence-electron chi connectivity index (χ0n) is 15.8. The Bertz CT molecular complexity index is 772. The van der Waals surface area contributed by atoms with E-state index in [2.05, 4.69) is 26.1 Å². The number of esters is 1. The molecule has 0 unspecified atom stereocenters. The number of carbonyl (C=O) groups excluding carboxylic acids is 2. The zero-order chi connectivity index (χ0) is 19.3. The van der Waals surface area contributed by atoms with E-state index in [-0.39, 0.29) is 11.3 Å². The number of ether oxygens (including phenoxy) is 1. The number of amides is 1. The van der Waals surface area contributed by atoms with Crippen molar-refractivity contribution in [1.29, 1.82) is 0 Å². The van der Waals surface area contributed by atoms with Crippen LogP contribution < -0.4 is 5.32 Å². The Morgan fingerprint density at radius 3 is 2.42 bits per heavy atom. The Hall–Kier alpha value is -2.21. The lowest BCUT2D eigenvalue weighted by Gasteiger charge is -2.19. The molecule has 2 rings (SSSR count).